The highest BCUT2D eigenvalue weighted by molar-refractivity contribution is 6.87. The third-order valence-electron chi connectivity index (χ3n) is 3.21. The summed E-state index contributed by atoms with van der Waals surface area (Å²) in [5.74, 6) is 0. The molecule has 0 atom stereocenters. The van der Waals surface area contributed by atoms with E-state index in [1.54, 1.807) is 0 Å². The van der Waals surface area contributed by atoms with Crippen molar-refractivity contribution in [2.75, 3.05) is 0 Å². The number of rotatable bonds is 11. The molecule has 0 heterocycles. The molecule has 0 saturated carbocycles. The summed E-state index contributed by atoms with van der Waals surface area (Å²) in [6.45, 7) is 18.2. The van der Waals surface area contributed by atoms with E-state index in [1.165, 1.54) is 44.6 Å². The SMILES string of the molecule is CCCCCCCC[Si](C)(C)O[Si](C)(C)O[Si](C)(C)C. The molecule has 0 saturated heterocycles. The largest absolute Gasteiger partial charge is 0.437 e. The zero-order valence-electron chi connectivity index (χ0n) is 15.3. The van der Waals surface area contributed by atoms with E-state index in [0.717, 1.165) is 0 Å². The summed E-state index contributed by atoms with van der Waals surface area (Å²) < 4.78 is 12.8. The van der Waals surface area contributed by atoms with Crippen LogP contribution in [0, 0.1) is 0 Å². The van der Waals surface area contributed by atoms with Gasteiger partial charge in [0.2, 0.25) is 0 Å². The standard InChI is InChI=1S/C15H38O2Si3/c1-9-10-11-12-13-14-15-19(5,6)17-20(7,8)16-18(2,3)4/h9-15H2,1-8H3. The maximum absolute atomic E-state index is 6.52. The molecule has 20 heavy (non-hydrogen) atoms. The average molecular weight is 335 g/mol. The Morgan fingerprint density at radius 3 is 1.65 bits per heavy atom. The van der Waals surface area contributed by atoms with Gasteiger partial charge in [0.05, 0.1) is 0 Å². The van der Waals surface area contributed by atoms with Crippen molar-refractivity contribution >= 4 is 25.2 Å². The maximum Gasteiger partial charge on any atom is 0.311 e. The van der Waals surface area contributed by atoms with Gasteiger partial charge in [0.25, 0.3) is 0 Å². The van der Waals surface area contributed by atoms with Crippen LogP contribution in [-0.4, -0.2) is 25.2 Å². The van der Waals surface area contributed by atoms with Crippen molar-refractivity contribution in [1.82, 2.24) is 0 Å². The minimum absolute atomic E-state index is 1.28. The topological polar surface area (TPSA) is 18.5 Å². The summed E-state index contributed by atoms with van der Waals surface area (Å²) in [7, 11) is -4.97. The molecule has 0 bridgehead atoms. The molecular formula is C15H38O2Si3. The fraction of sp³-hybridized carbons (Fsp3) is 1.00. The van der Waals surface area contributed by atoms with Crippen molar-refractivity contribution in [2.24, 2.45) is 0 Å². The van der Waals surface area contributed by atoms with Crippen LogP contribution in [0.25, 0.3) is 0 Å². The first kappa shape index (κ1) is 20.6. The third-order valence-corrected chi connectivity index (χ3v) is 13.4. The van der Waals surface area contributed by atoms with Crippen molar-refractivity contribution in [3.63, 3.8) is 0 Å². The van der Waals surface area contributed by atoms with Gasteiger partial charge in [-0.1, -0.05) is 45.4 Å². The molecular weight excluding hydrogens is 296 g/mol. The second-order valence-electron chi connectivity index (χ2n) is 7.99. The minimum Gasteiger partial charge on any atom is -0.437 e. The van der Waals surface area contributed by atoms with Gasteiger partial charge in [0.15, 0.2) is 16.6 Å². The fourth-order valence-electron chi connectivity index (χ4n) is 2.81. The highest BCUT2D eigenvalue weighted by atomic mass is 28.5. The summed E-state index contributed by atoms with van der Waals surface area (Å²) in [5.41, 5.74) is 0. The van der Waals surface area contributed by atoms with Crippen LogP contribution in [0.1, 0.15) is 45.4 Å². The monoisotopic (exact) mass is 334 g/mol. The fourth-order valence-corrected chi connectivity index (χ4v) is 16.1. The number of hydrogen-bond donors (Lipinski definition) is 0. The molecule has 5 heteroatoms. The lowest BCUT2D eigenvalue weighted by Crippen LogP contribution is -2.51. The van der Waals surface area contributed by atoms with Gasteiger partial charge in [-0.05, 0) is 51.9 Å². The molecule has 0 aromatic carbocycles. The molecule has 0 rings (SSSR count). The first-order chi connectivity index (χ1) is 8.97. The van der Waals surface area contributed by atoms with Crippen molar-refractivity contribution in [3.8, 4) is 0 Å². The maximum atomic E-state index is 6.52. The molecule has 0 aliphatic rings. The van der Waals surface area contributed by atoms with E-state index in [0.29, 0.717) is 0 Å². The Kier molecular flexibility index (Phi) is 9.13. The van der Waals surface area contributed by atoms with Crippen LogP contribution < -0.4 is 0 Å². The summed E-state index contributed by atoms with van der Waals surface area (Å²) in [6, 6.07) is 1.28. The Morgan fingerprint density at radius 1 is 0.650 bits per heavy atom. The normalized spacial score (nSPS) is 13.8. The van der Waals surface area contributed by atoms with Gasteiger partial charge < -0.3 is 8.23 Å². The molecule has 0 N–H and O–H groups in total. The highest BCUT2D eigenvalue weighted by Gasteiger charge is 2.37. The van der Waals surface area contributed by atoms with Gasteiger partial charge in [0.1, 0.15) is 0 Å². The lowest BCUT2D eigenvalue weighted by molar-refractivity contribution is 0.390. The summed E-state index contributed by atoms with van der Waals surface area (Å²) in [5, 5.41) is 0. The lowest BCUT2D eigenvalue weighted by atomic mass is 10.1. The predicted molar refractivity (Wildman–Crippen MR) is 98.7 cm³/mol. The number of unbranched alkanes of at least 4 members (excludes halogenated alkanes) is 5. The van der Waals surface area contributed by atoms with E-state index in [9.17, 15) is 0 Å². The summed E-state index contributed by atoms with van der Waals surface area (Å²) in [6.07, 6.45) is 8.22. The van der Waals surface area contributed by atoms with Crippen molar-refractivity contribution in [1.29, 1.82) is 0 Å². The molecule has 2 nitrogen and oxygen atoms in total. The smallest absolute Gasteiger partial charge is 0.311 e. The molecule has 0 aliphatic carbocycles. The molecule has 0 fully saturated rings. The lowest BCUT2D eigenvalue weighted by Gasteiger charge is -2.37. The highest BCUT2D eigenvalue weighted by Crippen LogP contribution is 2.24. The van der Waals surface area contributed by atoms with E-state index >= 15 is 0 Å². The molecule has 0 unspecified atom stereocenters. The van der Waals surface area contributed by atoms with Crippen LogP contribution in [0.4, 0.5) is 0 Å². The molecule has 122 valence electrons. The Labute approximate surface area is 131 Å². The zero-order valence-corrected chi connectivity index (χ0v) is 18.3. The first-order valence-corrected chi connectivity index (χ1v) is 17.7. The number of hydrogen-bond acceptors (Lipinski definition) is 2. The quantitative estimate of drug-likeness (QED) is 0.334. The van der Waals surface area contributed by atoms with Crippen LogP contribution in [0.5, 0.6) is 0 Å². The summed E-state index contributed by atoms with van der Waals surface area (Å²) in [4.78, 5) is 0. The third kappa shape index (κ3) is 12.3. The van der Waals surface area contributed by atoms with E-state index < -0.39 is 25.2 Å². The Hall–Kier alpha value is 0.571. The van der Waals surface area contributed by atoms with Gasteiger partial charge >= 0.3 is 8.56 Å². The molecule has 0 aromatic rings. The zero-order chi connectivity index (χ0) is 15.9. The van der Waals surface area contributed by atoms with E-state index in [2.05, 4.69) is 52.8 Å². The summed E-state index contributed by atoms with van der Waals surface area (Å²) >= 11 is 0. The molecule has 0 aliphatic heterocycles. The Morgan fingerprint density at radius 2 is 1.15 bits per heavy atom. The van der Waals surface area contributed by atoms with Gasteiger partial charge in [-0.25, -0.2) is 0 Å². The van der Waals surface area contributed by atoms with Gasteiger partial charge in [0, 0.05) is 0 Å². The van der Waals surface area contributed by atoms with Crippen LogP contribution in [0.15, 0.2) is 0 Å². The molecule has 0 spiro atoms. The molecule has 0 amide bonds. The van der Waals surface area contributed by atoms with Crippen molar-refractivity contribution < 1.29 is 8.23 Å². The van der Waals surface area contributed by atoms with Gasteiger partial charge in [-0.2, -0.15) is 0 Å². The van der Waals surface area contributed by atoms with Crippen molar-refractivity contribution in [3.05, 3.63) is 0 Å². The Bertz CT molecular complexity index is 260. The van der Waals surface area contributed by atoms with Crippen LogP contribution in [0.3, 0.4) is 0 Å². The first-order valence-electron chi connectivity index (χ1n) is 8.38. The van der Waals surface area contributed by atoms with Crippen LogP contribution >= 0.6 is 0 Å². The van der Waals surface area contributed by atoms with Crippen LogP contribution in [-0.2, 0) is 8.23 Å². The Balaban J connectivity index is 4.04. The van der Waals surface area contributed by atoms with E-state index in [4.69, 9.17) is 8.23 Å². The predicted octanol–water partition coefficient (Wildman–Crippen LogP) is 6.12. The van der Waals surface area contributed by atoms with E-state index in [1.807, 2.05) is 0 Å². The second-order valence-corrected chi connectivity index (χ2v) is 20.7. The second kappa shape index (κ2) is 8.88. The van der Waals surface area contributed by atoms with E-state index in [-0.39, 0.29) is 0 Å². The van der Waals surface area contributed by atoms with Gasteiger partial charge in [-0.3, -0.25) is 0 Å². The average Bonchev–Trinajstić information content (AvgIpc) is 2.17. The molecule has 0 radical (unpaired) electrons. The van der Waals surface area contributed by atoms with Crippen molar-refractivity contribution in [2.45, 2.75) is 97.3 Å². The van der Waals surface area contributed by atoms with Gasteiger partial charge in [-0.15, -0.1) is 0 Å². The molecule has 0 aromatic heterocycles. The van der Waals surface area contributed by atoms with Crippen LogP contribution in [0.2, 0.25) is 51.9 Å². The minimum atomic E-state index is -1.93.